The van der Waals surface area contributed by atoms with Gasteiger partial charge in [-0.15, -0.1) is 0 Å². The third-order valence-electron chi connectivity index (χ3n) is 4.07. The maximum atomic E-state index is 12.2. The molecule has 1 fully saturated rings. The van der Waals surface area contributed by atoms with Crippen molar-refractivity contribution in [3.63, 3.8) is 0 Å². The number of hydrogen-bond acceptors (Lipinski definition) is 6. The van der Waals surface area contributed by atoms with Crippen LogP contribution >= 0.6 is 0 Å². The van der Waals surface area contributed by atoms with Crippen molar-refractivity contribution < 1.29 is 24.2 Å². The zero-order valence-corrected chi connectivity index (χ0v) is 14.1. The van der Waals surface area contributed by atoms with E-state index >= 15 is 0 Å². The minimum Gasteiger partial charge on any atom is -0.486 e. The molecule has 3 rings (SSSR count). The Kier molecular flexibility index (Phi) is 5.80. The van der Waals surface area contributed by atoms with E-state index < -0.39 is 5.97 Å². The summed E-state index contributed by atoms with van der Waals surface area (Å²) in [6, 6.07) is 5.98. The Bertz CT molecular complexity index is 732. The molecule has 1 aromatic carbocycles. The molecule has 2 aromatic rings. The smallest absolute Gasteiger partial charge is 0.335 e. The summed E-state index contributed by atoms with van der Waals surface area (Å²) in [5, 5.41) is 15.9. The number of nitrogens with one attached hydrogen (secondary N) is 1. The lowest BCUT2D eigenvalue weighted by Crippen LogP contribution is -2.51. The van der Waals surface area contributed by atoms with E-state index in [9.17, 15) is 9.59 Å². The molecule has 2 N–H and O–H groups in total. The van der Waals surface area contributed by atoms with Crippen LogP contribution in [0.15, 0.2) is 36.9 Å². The molecular weight excluding hydrogens is 340 g/mol. The van der Waals surface area contributed by atoms with Crippen molar-refractivity contribution >= 4 is 11.9 Å². The lowest BCUT2D eigenvalue weighted by atomic mass is 10.1. The molecule has 138 valence electrons. The van der Waals surface area contributed by atoms with Crippen LogP contribution in [-0.2, 0) is 16.1 Å². The van der Waals surface area contributed by atoms with Crippen molar-refractivity contribution in [2.75, 3.05) is 13.2 Å². The number of carbonyl (C=O) groups is 2. The molecule has 0 aliphatic carbocycles. The number of aromatic carboxylic acids is 1. The Morgan fingerprint density at radius 1 is 1.35 bits per heavy atom. The van der Waals surface area contributed by atoms with E-state index in [1.54, 1.807) is 23.1 Å². The molecule has 0 radical (unpaired) electrons. The van der Waals surface area contributed by atoms with E-state index in [4.69, 9.17) is 14.6 Å². The van der Waals surface area contributed by atoms with E-state index in [0.29, 0.717) is 38.3 Å². The summed E-state index contributed by atoms with van der Waals surface area (Å²) in [6.07, 6.45) is 3.59. The molecule has 0 unspecified atom stereocenters. The van der Waals surface area contributed by atoms with E-state index in [0.717, 1.165) is 0 Å². The average Bonchev–Trinajstić information content (AvgIpc) is 3.16. The second-order valence-corrected chi connectivity index (χ2v) is 5.93. The standard InChI is InChI=1S/C17H20N4O5/c22-16(5-7-21-11-18-10-19-21)20-14-6-8-25-9-15(14)26-13-3-1-12(2-4-13)17(23)24/h1-4,10-11,14-15H,5-9H2,(H,20,22)(H,23,24)/t14-,15-/m1/s1. The zero-order chi connectivity index (χ0) is 18.4. The summed E-state index contributed by atoms with van der Waals surface area (Å²) in [5.41, 5.74) is 0.190. The number of amides is 1. The molecule has 1 aliphatic heterocycles. The predicted octanol–water partition coefficient (Wildman–Crippen LogP) is 0.719. The summed E-state index contributed by atoms with van der Waals surface area (Å²) in [6.45, 7) is 1.36. The van der Waals surface area contributed by atoms with Gasteiger partial charge in [-0.3, -0.25) is 9.48 Å². The van der Waals surface area contributed by atoms with Crippen molar-refractivity contribution in [1.29, 1.82) is 0 Å². The van der Waals surface area contributed by atoms with Crippen LogP contribution in [0.5, 0.6) is 5.75 Å². The minimum absolute atomic E-state index is 0.0952. The van der Waals surface area contributed by atoms with Crippen LogP contribution in [-0.4, -0.2) is 57.1 Å². The number of aryl methyl sites for hydroxylation is 1. The summed E-state index contributed by atoms with van der Waals surface area (Å²) in [4.78, 5) is 26.9. The highest BCUT2D eigenvalue weighted by Crippen LogP contribution is 2.19. The monoisotopic (exact) mass is 360 g/mol. The van der Waals surface area contributed by atoms with Gasteiger partial charge in [-0.2, -0.15) is 5.10 Å². The number of hydrogen-bond donors (Lipinski definition) is 2. The molecule has 2 atom stereocenters. The summed E-state index contributed by atoms with van der Waals surface area (Å²) < 4.78 is 12.9. The van der Waals surface area contributed by atoms with E-state index in [-0.39, 0.29) is 23.6 Å². The van der Waals surface area contributed by atoms with Gasteiger partial charge in [-0.1, -0.05) is 0 Å². The fraction of sp³-hybridized carbons (Fsp3) is 0.412. The van der Waals surface area contributed by atoms with Crippen LogP contribution in [0.1, 0.15) is 23.2 Å². The highest BCUT2D eigenvalue weighted by atomic mass is 16.5. The Morgan fingerprint density at radius 2 is 2.15 bits per heavy atom. The third-order valence-corrected chi connectivity index (χ3v) is 4.07. The van der Waals surface area contributed by atoms with Crippen molar-refractivity contribution in [1.82, 2.24) is 20.1 Å². The first-order valence-corrected chi connectivity index (χ1v) is 8.31. The van der Waals surface area contributed by atoms with E-state index in [2.05, 4.69) is 15.4 Å². The van der Waals surface area contributed by atoms with Gasteiger partial charge < -0.3 is 19.9 Å². The van der Waals surface area contributed by atoms with Gasteiger partial charge in [0, 0.05) is 13.0 Å². The zero-order valence-electron chi connectivity index (χ0n) is 14.1. The molecular formula is C17H20N4O5. The Balaban J connectivity index is 1.55. The van der Waals surface area contributed by atoms with Crippen LogP contribution in [0.2, 0.25) is 0 Å². The maximum Gasteiger partial charge on any atom is 0.335 e. The first-order chi connectivity index (χ1) is 12.6. The van der Waals surface area contributed by atoms with Gasteiger partial charge in [-0.25, -0.2) is 9.78 Å². The number of rotatable bonds is 7. The molecule has 0 saturated carbocycles. The number of carboxylic acids is 1. The number of ether oxygens (including phenoxy) is 2. The topological polar surface area (TPSA) is 116 Å². The molecule has 26 heavy (non-hydrogen) atoms. The van der Waals surface area contributed by atoms with Crippen molar-refractivity contribution in [2.45, 2.75) is 31.5 Å². The minimum atomic E-state index is -0.991. The molecule has 1 aliphatic rings. The summed E-state index contributed by atoms with van der Waals surface area (Å²) >= 11 is 0. The molecule has 9 heteroatoms. The first kappa shape index (κ1) is 17.9. The Hall–Kier alpha value is -2.94. The molecule has 1 saturated heterocycles. The molecule has 2 heterocycles. The van der Waals surface area contributed by atoms with Gasteiger partial charge >= 0.3 is 5.97 Å². The van der Waals surface area contributed by atoms with Gasteiger partial charge in [-0.05, 0) is 30.7 Å². The Labute approximate surface area is 149 Å². The van der Waals surface area contributed by atoms with E-state index in [1.165, 1.54) is 18.5 Å². The van der Waals surface area contributed by atoms with Crippen LogP contribution in [0.3, 0.4) is 0 Å². The lowest BCUT2D eigenvalue weighted by molar-refractivity contribution is -0.124. The van der Waals surface area contributed by atoms with Gasteiger partial charge in [0.15, 0.2) is 0 Å². The fourth-order valence-corrected chi connectivity index (χ4v) is 2.69. The van der Waals surface area contributed by atoms with Gasteiger partial charge in [0.25, 0.3) is 0 Å². The molecule has 1 aromatic heterocycles. The van der Waals surface area contributed by atoms with Crippen LogP contribution < -0.4 is 10.1 Å². The molecule has 9 nitrogen and oxygen atoms in total. The second-order valence-electron chi connectivity index (χ2n) is 5.93. The van der Waals surface area contributed by atoms with Crippen LogP contribution in [0.4, 0.5) is 0 Å². The van der Waals surface area contributed by atoms with Gasteiger partial charge in [0.05, 0.1) is 24.8 Å². The SMILES string of the molecule is O=C(CCn1cncn1)N[C@@H]1CCOC[C@H]1Oc1ccc(C(=O)O)cc1. The summed E-state index contributed by atoms with van der Waals surface area (Å²) in [7, 11) is 0. The third kappa shape index (κ3) is 4.79. The van der Waals surface area contributed by atoms with Crippen molar-refractivity contribution in [3.8, 4) is 5.75 Å². The van der Waals surface area contributed by atoms with Crippen molar-refractivity contribution in [3.05, 3.63) is 42.5 Å². The number of nitrogens with zero attached hydrogens (tertiary/aromatic N) is 3. The van der Waals surface area contributed by atoms with E-state index in [1.807, 2.05) is 0 Å². The van der Waals surface area contributed by atoms with Crippen molar-refractivity contribution in [2.24, 2.45) is 0 Å². The highest BCUT2D eigenvalue weighted by molar-refractivity contribution is 5.87. The lowest BCUT2D eigenvalue weighted by Gasteiger charge is -2.32. The Morgan fingerprint density at radius 3 is 2.85 bits per heavy atom. The maximum absolute atomic E-state index is 12.2. The fourth-order valence-electron chi connectivity index (χ4n) is 2.69. The van der Waals surface area contributed by atoms with Gasteiger partial charge in [0.1, 0.15) is 24.5 Å². The number of aromatic nitrogens is 3. The molecule has 0 bridgehead atoms. The first-order valence-electron chi connectivity index (χ1n) is 8.31. The largest absolute Gasteiger partial charge is 0.486 e. The number of carboxylic acid groups (broad SMARTS) is 1. The number of carbonyl (C=O) groups excluding carboxylic acids is 1. The normalized spacial score (nSPS) is 19.7. The van der Waals surface area contributed by atoms with Crippen LogP contribution in [0.25, 0.3) is 0 Å². The predicted molar refractivity (Wildman–Crippen MR) is 89.8 cm³/mol. The molecule has 1 amide bonds. The van der Waals surface area contributed by atoms with Gasteiger partial charge in [0.2, 0.25) is 5.91 Å². The molecule has 0 spiro atoms. The highest BCUT2D eigenvalue weighted by Gasteiger charge is 2.29. The second kappa shape index (κ2) is 8.43. The average molecular weight is 360 g/mol. The number of benzene rings is 1. The van der Waals surface area contributed by atoms with Crippen LogP contribution in [0, 0.1) is 0 Å². The summed E-state index contributed by atoms with van der Waals surface area (Å²) in [5.74, 6) is -0.551. The quantitative estimate of drug-likeness (QED) is 0.747.